The quantitative estimate of drug-likeness (QED) is 0.656. The number of hydrogen-bond donors (Lipinski definition) is 1. The number of benzene rings is 2. The molecule has 0 amide bonds. The molecule has 8 heteroatoms. The summed E-state index contributed by atoms with van der Waals surface area (Å²) < 4.78 is 35.9. The lowest BCUT2D eigenvalue weighted by atomic mass is 9.96. The lowest BCUT2D eigenvalue weighted by Gasteiger charge is -2.31. The molecule has 2 unspecified atom stereocenters. The van der Waals surface area contributed by atoms with Gasteiger partial charge in [-0.1, -0.05) is 24.3 Å². The number of ether oxygens (including phenoxy) is 1. The van der Waals surface area contributed by atoms with Crippen LogP contribution in [0, 0.1) is 5.82 Å². The largest absolute Gasteiger partial charge is 0.492 e. The number of nitrogens with two attached hydrogens (primary N) is 1. The Morgan fingerprint density at radius 1 is 1.17 bits per heavy atom. The molecule has 2 aromatic rings. The SMILES string of the molecule is NCc1cccc(OCC2CC(c3ccc(F)cc3)CN2SN2CCS(=O)CC2)c1. The van der Waals surface area contributed by atoms with Gasteiger partial charge in [0.25, 0.3) is 0 Å². The van der Waals surface area contributed by atoms with Crippen LogP contribution in [0.25, 0.3) is 0 Å². The minimum atomic E-state index is -0.687. The maximum Gasteiger partial charge on any atom is 0.123 e. The van der Waals surface area contributed by atoms with Crippen molar-refractivity contribution in [1.29, 1.82) is 0 Å². The molecule has 0 bridgehead atoms. The normalized spacial score (nSPS) is 23.7. The fourth-order valence-corrected chi connectivity index (χ4v) is 6.37. The predicted molar refractivity (Wildman–Crippen MR) is 121 cm³/mol. The molecule has 2 aliphatic heterocycles. The molecule has 162 valence electrons. The van der Waals surface area contributed by atoms with Gasteiger partial charge in [-0.2, -0.15) is 0 Å². The van der Waals surface area contributed by atoms with Crippen LogP contribution in [0.3, 0.4) is 0 Å². The van der Waals surface area contributed by atoms with Gasteiger partial charge in [0.1, 0.15) is 18.2 Å². The molecule has 0 radical (unpaired) electrons. The molecule has 4 rings (SSSR count). The smallest absolute Gasteiger partial charge is 0.123 e. The first-order valence-electron chi connectivity index (χ1n) is 10.3. The summed E-state index contributed by atoms with van der Waals surface area (Å²) in [4.78, 5) is 0. The van der Waals surface area contributed by atoms with E-state index < -0.39 is 10.8 Å². The van der Waals surface area contributed by atoms with Crippen LogP contribution in [0.4, 0.5) is 4.39 Å². The highest BCUT2D eigenvalue weighted by Gasteiger charge is 2.35. The molecule has 0 saturated carbocycles. The fraction of sp³-hybridized carbons (Fsp3) is 0.455. The van der Waals surface area contributed by atoms with Crippen molar-refractivity contribution in [2.24, 2.45) is 5.73 Å². The van der Waals surface area contributed by atoms with Crippen molar-refractivity contribution in [3.8, 4) is 5.75 Å². The van der Waals surface area contributed by atoms with E-state index in [4.69, 9.17) is 10.5 Å². The molecule has 2 atom stereocenters. The van der Waals surface area contributed by atoms with Gasteiger partial charge in [-0.05, 0) is 47.7 Å². The molecule has 0 aromatic heterocycles. The Kier molecular flexibility index (Phi) is 7.43. The highest BCUT2D eigenvalue weighted by atomic mass is 32.2. The van der Waals surface area contributed by atoms with Crippen molar-refractivity contribution in [3.05, 3.63) is 65.5 Å². The van der Waals surface area contributed by atoms with E-state index in [9.17, 15) is 8.60 Å². The van der Waals surface area contributed by atoms with E-state index >= 15 is 0 Å². The monoisotopic (exact) mass is 449 g/mol. The third-order valence-corrected chi connectivity index (χ3v) is 8.17. The van der Waals surface area contributed by atoms with Crippen LogP contribution in [-0.2, 0) is 17.3 Å². The molecule has 2 fully saturated rings. The zero-order valence-electron chi connectivity index (χ0n) is 16.9. The van der Waals surface area contributed by atoms with Crippen LogP contribution >= 0.6 is 12.1 Å². The molecule has 30 heavy (non-hydrogen) atoms. The average Bonchev–Trinajstić information content (AvgIpc) is 3.17. The molecule has 2 saturated heterocycles. The van der Waals surface area contributed by atoms with Gasteiger partial charge in [-0.3, -0.25) is 4.21 Å². The van der Waals surface area contributed by atoms with Crippen LogP contribution in [-0.4, -0.2) is 56.6 Å². The highest BCUT2D eigenvalue weighted by Crippen LogP contribution is 2.37. The second-order valence-electron chi connectivity index (χ2n) is 7.76. The summed E-state index contributed by atoms with van der Waals surface area (Å²) in [7, 11) is -0.687. The summed E-state index contributed by atoms with van der Waals surface area (Å²) in [5.74, 6) is 2.43. The van der Waals surface area contributed by atoms with Crippen LogP contribution in [0.1, 0.15) is 23.5 Å². The van der Waals surface area contributed by atoms with E-state index in [1.54, 1.807) is 12.1 Å². The minimum absolute atomic E-state index is 0.205. The first kappa shape index (κ1) is 21.8. The van der Waals surface area contributed by atoms with Gasteiger partial charge in [0.15, 0.2) is 0 Å². The molecular formula is C22H28FN3O2S2. The Labute approximate surface area is 184 Å². The van der Waals surface area contributed by atoms with Crippen molar-refractivity contribution in [1.82, 2.24) is 8.61 Å². The van der Waals surface area contributed by atoms with E-state index in [-0.39, 0.29) is 11.9 Å². The van der Waals surface area contributed by atoms with Gasteiger partial charge in [-0.25, -0.2) is 13.0 Å². The lowest BCUT2D eigenvalue weighted by molar-refractivity contribution is 0.237. The van der Waals surface area contributed by atoms with Crippen molar-refractivity contribution in [2.45, 2.75) is 24.9 Å². The first-order valence-corrected chi connectivity index (χ1v) is 12.5. The van der Waals surface area contributed by atoms with Gasteiger partial charge in [-0.15, -0.1) is 0 Å². The Balaban J connectivity index is 1.44. The van der Waals surface area contributed by atoms with Crippen molar-refractivity contribution >= 4 is 22.9 Å². The van der Waals surface area contributed by atoms with Crippen molar-refractivity contribution in [2.75, 3.05) is 37.7 Å². The minimum Gasteiger partial charge on any atom is -0.492 e. The van der Waals surface area contributed by atoms with Gasteiger partial charge < -0.3 is 10.5 Å². The van der Waals surface area contributed by atoms with Crippen molar-refractivity contribution in [3.63, 3.8) is 0 Å². The van der Waals surface area contributed by atoms with Crippen molar-refractivity contribution < 1.29 is 13.3 Å². The second kappa shape index (κ2) is 10.2. The summed E-state index contributed by atoms with van der Waals surface area (Å²) >= 11 is 1.74. The summed E-state index contributed by atoms with van der Waals surface area (Å²) in [6.07, 6.45) is 0.953. The number of hydrogen-bond acceptors (Lipinski definition) is 6. The Morgan fingerprint density at radius 2 is 1.93 bits per heavy atom. The molecule has 2 N–H and O–H groups in total. The van der Waals surface area contributed by atoms with Gasteiger partial charge in [0.2, 0.25) is 0 Å². The Bertz CT molecular complexity index is 858. The fourth-order valence-electron chi connectivity index (χ4n) is 3.92. The molecule has 5 nitrogen and oxygen atoms in total. The third kappa shape index (κ3) is 5.62. The lowest BCUT2D eigenvalue weighted by Crippen LogP contribution is -2.38. The third-order valence-electron chi connectivity index (χ3n) is 5.64. The maximum absolute atomic E-state index is 13.4. The standard InChI is InChI=1S/C22H28FN3O2S2/c23-20-6-4-18(5-7-20)19-13-21(16-28-22-3-1-2-17(12-22)14-24)26(15-19)29-25-8-10-30(27)11-9-25/h1-7,12,19,21H,8-11,13-16,24H2. The van der Waals surface area contributed by atoms with E-state index in [0.29, 0.717) is 19.1 Å². The maximum atomic E-state index is 13.4. The van der Waals surface area contributed by atoms with Crippen LogP contribution in [0.2, 0.25) is 0 Å². The number of rotatable bonds is 7. The van der Waals surface area contributed by atoms with E-state index in [1.807, 2.05) is 36.4 Å². The van der Waals surface area contributed by atoms with Gasteiger partial charge >= 0.3 is 0 Å². The molecule has 2 aromatic carbocycles. The first-order chi connectivity index (χ1) is 14.6. The van der Waals surface area contributed by atoms with E-state index in [2.05, 4.69) is 8.61 Å². The van der Waals surface area contributed by atoms with Gasteiger partial charge in [0, 0.05) is 60.6 Å². The zero-order valence-corrected chi connectivity index (χ0v) is 18.5. The van der Waals surface area contributed by atoms with E-state index in [1.165, 1.54) is 12.1 Å². The Hall–Kier alpha value is -1.45. The van der Waals surface area contributed by atoms with Crippen LogP contribution in [0.15, 0.2) is 48.5 Å². The molecule has 0 spiro atoms. The summed E-state index contributed by atoms with van der Waals surface area (Å²) in [5.41, 5.74) is 7.96. The molecule has 0 aliphatic carbocycles. The summed E-state index contributed by atoms with van der Waals surface area (Å²) in [6, 6.07) is 15.0. The van der Waals surface area contributed by atoms with Crippen LogP contribution in [0.5, 0.6) is 5.75 Å². The highest BCUT2D eigenvalue weighted by molar-refractivity contribution is 7.94. The number of nitrogens with zero attached hydrogens (tertiary/aromatic N) is 2. The topological polar surface area (TPSA) is 58.8 Å². The molecule has 2 aliphatic rings. The zero-order chi connectivity index (χ0) is 20.9. The van der Waals surface area contributed by atoms with Crippen LogP contribution < -0.4 is 10.5 Å². The van der Waals surface area contributed by atoms with Gasteiger partial charge in [0.05, 0.1) is 6.04 Å². The summed E-state index contributed by atoms with van der Waals surface area (Å²) in [6.45, 7) is 3.62. The molecule has 2 heterocycles. The second-order valence-corrected chi connectivity index (χ2v) is 10.6. The Morgan fingerprint density at radius 3 is 2.67 bits per heavy atom. The number of halogens is 1. The van der Waals surface area contributed by atoms with E-state index in [0.717, 1.165) is 54.4 Å². The summed E-state index contributed by atoms with van der Waals surface area (Å²) in [5, 5.41) is 0. The molecular weight excluding hydrogens is 421 g/mol. The predicted octanol–water partition coefficient (Wildman–Crippen LogP) is 3.15. The average molecular weight is 450 g/mol.